The molecule has 8 aromatic heterocycles. The molecule has 12 N–H and O–H groups in total. The van der Waals surface area contributed by atoms with Gasteiger partial charge in [-0.15, -0.1) is 45.3 Å². The molecule has 0 radical (unpaired) electrons. The number of pyridine rings is 4. The van der Waals surface area contributed by atoms with Crippen LogP contribution in [0.15, 0.2) is 49.1 Å². The maximum atomic E-state index is 14.2. The fourth-order valence-corrected chi connectivity index (χ4v) is 21.0. The summed E-state index contributed by atoms with van der Waals surface area (Å²) in [5.41, 5.74) is 3.82. The Morgan fingerprint density at radius 3 is 1.12 bits per heavy atom. The molecule has 8 aromatic rings. The molecule has 0 aromatic carbocycles. The van der Waals surface area contributed by atoms with E-state index in [0.29, 0.717) is 74.7 Å². The largest absolute Gasteiger partial charge is 0.394 e. The zero-order chi connectivity index (χ0) is 101. The van der Waals surface area contributed by atoms with E-state index in [0.717, 1.165) is 117 Å². The lowest BCUT2D eigenvalue weighted by atomic mass is 10.0. The molecule has 137 heavy (non-hydrogen) atoms. The minimum atomic E-state index is -2.97. The summed E-state index contributed by atoms with van der Waals surface area (Å²) in [7, 11) is 0. The van der Waals surface area contributed by atoms with Gasteiger partial charge < -0.3 is 82.6 Å². The Kier molecular flexibility index (Phi) is 34.6. The van der Waals surface area contributed by atoms with Gasteiger partial charge >= 0.3 is 0 Å². The second kappa shape index (κ2) is 44.3. The number of likely N-dealkylation sites (tertiary alicyclic amines) is 3. The summed E-state index contributed by atoms with van der Waals surface area (Å²) in [6, 6.07) is 4.73. The normalized spacial score (nSPS) is 20.2. The van der Waals surface area contributed by atoms with E-state index in [1.165, 1.54) is 23.6 Å². The number of aliphatic hydroxyl groups is 4. The van der Waals surface area contributed by atoms with Gasteiger partial charge in [-0.3, -0.25) is 38.4 Å². The summed E-state index contributed by atoms with van der Waals surface area (Å²) in [5, 5.41) is 61.7. The number of amides is 8. The molecule has 5 aliphatic heterocycles. The van der Waals surface area contributed by atoms with Gasteiger partial charge in [0.2, 0.25) is 0 Å². The zero-order valence-electron chi connectivity index (χ0n) is 81.1. The summed E-state index contributed by atoms with van der Waals surface area (Å²) in [6.07, 6.45) is 10.6. The molecule has 14 rings (SSSR count). The summed E-state index contributed by atoms with van der Waals surface area (Å²) < 4.78 is 84.4. The highest BCUT2D eigenvalue weighted by molar-refractivity contribution is 7.18. The van der Waals surface area contributed by atoms with Crippen molar-refractivity contribution in [2.24, 2.45) is 0 Å². The number of alkyl halides is 6. The first kappa shape index (κ1) is 107. The maximum absolute atomic E-state index is 14.2. The average molecular weight is 1980 g/mol. The standard InChI is InChI=1S/C25H33F2N5O3S.C24H33N5O3S.2C23H31F2N5O3S/c1-13-6-5-9-32(13)24(35)19-20(36-23(30-19)22(34)29-14-7-8-15(33)10-14)17-12-28-18(31-25(2,3)4)11-16(17)21(26)27;1-13-10-18(28-24(3,4)5)25-11-17(13)20-19(23(32)29-15-6-7-16(29)9-8-15)27-22(33-20)21(31)26-14(2)12-30;1-12-7-16(29-22(4,5)6)26-9-15(12)18-17(21(33)30-11-23(24,25)8-14(30)3)28-20(34-18)19(32)27-13(2)10-31;1-6-13(3)27-17-7-12(2)16(9-26-17)19-18(22(33)30-11-23(24,25)8-15(30)5)29-21(34-19)20(32)28-14(4)10-31/h11-15,21,33H,5-10H2,1-4H3,(H,28,31)(H,29,34);10-11,14-16,30H,6-9,12H2,1-5H3,(H,25,28)(H,26,31);7,9,13-14,31H,8,10-11H2,1-6H3,(H,26,29)(H,27,32);7,9,13-15,31H,6,8,10-11H2,1-5H3,(H,26,27)(H,28,32)/t13-,14+,15+;14-,15?,16?;13-,14+;13-,14-,15+/m0111/s1. The topological polar surface area (TPSA) is 430 Å². The smallest absolute Gasteiger partial charge is 0.280 e. The second-order valence-corrected chi connectivity index (χ2v) is 43.6. The third-order valence-electron chi connectivity index (χ3n) is 23.9. The second-order valence-electron chi connectivity index (χ2n) is 39.6. The quantitative estimate of drug-likeness (QED) is 0.0224. The number of hydrogen-bond acceptors (Lipinski definition) is 28. The van der Waals surface area contributed by atoms with E-state index in [1.807, 2.05) is 99.3 Å². The predicted molar refractivity (Wildman–Crippen MR) is 519 cm³/mol. The summed E-state index contributed by atoms with van der Waals surface area (Å²) in [5.74, 6) is -7.31. The zero-order valence-corrected chi connectivity index (χ0v) is 84.4. The molecule has 13 heterocycles. The van der Waals surface area contributed by atoms with Gasteiger partial charge in [-0.25, -0.2) is 66.2 Å². The molecule has 9 atom stereocenters. The van der Waals surface area contributed by atoms with Crippen molar-refractivity contribution in [2.75, 3.05) is 60.7 Å². The number of carbonyl (C=O) groups is 8. The summed E-state index contributed by atoms with van der Waals surface area (Å²) in [4.78, 5) is 148. The highest BCUT2D eigenvalue weighted by Crippen LogP contribution is 2.46. The van der Waals surface area contributed by atoms with Crippen LogP contribution >= 0.6 is 45.3 Å². The van der Waals surface area contributed by atoms with E-state index in [2.05, 4.69) is 110 Å². The molecule has 1 saturated carbocycles. The molecule has 32 nitrogen and oxygen atoms in total. The van der Waals surface area contributed by atoms with Crippen molar-refractivity contribution < 1.29 is 85.1 Å². The van der Waals surface area contributed by atoms with E-state index in [-0.39, 0.29) is 137 Å². The first-order chi connectivity index (χ1) is 64.1. The fraction of sp³-hybridized carbons (Fsp3) is 0.579. The van der Waals surface area contributed by atoms with Gasteiger partial charge in [-0.05, 0) is 237 Å². The Labute approximate surface area is 810 Å². The Hall–Kier alpha value is -10.5. The van der Waals surface area contributed by atoms with Crippen LogP contribution in [0.1, 0.15) is 305 Å². The number of hydrogen-bond donors (Lipinski definition) is 12. The number of fused-ring (bicyclic) bond motifs is 2. The van der Waals surface area contributed by atoms with Gasteiger partial charge in [0.1, 0.15) is 46.0 Å². The molecule has 6 fully saturated rings. The fourth-order valence-electron chi connectivity index (χ4n) is 16.9. The number of aliphatic hydroxyl groups excluding tert-OH is 4. The van der Waals surface area contributed by atoms with Crippen LogP contribution in [0, 0.1) is 20.8 Å². The van der Waals surface area contributed by atoms with Crippen molar-refractivity contribution in [1.82, 2.24) is 80.7 Å². The summed E-state index contributed by atoms with van der Waals surface area (Å²) in [6.45, 7) is 36.2. The molecule has 6 aliphatic rings. The van der Waals surface area contributed by atoms with E-state index < -0.39 is 110 Å². The minimum absolute atomic E-state index is 0.00430. The first-order valence-corrected chi connectivity index (χ1v) is 49.5. The average Bonchev–Trinajstić information content (AvgIpc) is 1.61. The van der Waals surface area contributed by atoms with Crippen LogP contribution < -0.4 is 42.5 Å². The lowest BCUT2D eigenvalue weighted by molar-refractivity contribution is 0.0115. The van der Waals surface area contributed by atoms with Crippen LogP contribution in [0.5, 0.6) is 0 Å². The highest BCUT2D eigenvalue weighted by Gasteiger charge is 2.49. The van der Waals surface area contributed by atoms with Crippen LogP contribution in [0.2, 0.25) is 0 Å². The van der Waals surface area contributed by atoms with Gasteiger partial charge in [0.05, 0.1) is 58.5 Å². The Bertz CT molecular complexity index is 5680. The molecular weight excluding hydrogens is 1860 g/mol. The molecule has 0 unspecified atom stereocenters. The van der Waals surface area contributed by atoms with Crippen molar-refractivity contribution in [3.05, 3.63) is 114 Å². The number of carbonyl (C=O) groups excluding carboxylic acids is 8. The van der Waals surface area contributed by atoms with E-state index in [4.69, 9.17) is 0 Å². The molecule has 1 aliphatic carbocycles. The van der Waals surface area contributed by atoms with Gasteiger partial charge in [0.25, 0.3) is 65.5 Å². The minimum Gasteiger partial charge on any atom is -0.394 e. The number of aryl methyl sites for hydroxylation is 3. The van der Waals surface area contributed by atoms with Crippen LogP contribution in [0.4, 0.5) is 49.6 Å². The molecule has 5 saturated heterocycles. The number of thiazole rings is 4. The van der Waals surface area contributed by atoms with Crippen molar-refractivity contribution in [1.29, 1.82) is 0 Å². The van der Waals surface area contributed by atoms with E-state index in [9.17, 15) is 85.1 Å². The number of halogens is 6. The number of nitrogens with zero attached hydrogens (tertiary/aromatic N) is 12. The Morgan fingerprint density at radius 1 is 0.460 bits per heavy atom. The first-order valence-electron chi connectivity index (χ1n) is 46.2. The van der Waals surface area contributed by atoms with Gasteiger partial charge in [0.15, 0.2) is 20.0 Å². The molecular formula is C95H128F6N20O12S4. The molecule has 0 spiro atoms. The van der Waals surface area contributed by atoms with Crippen LogP contribution in [0.25, 0.3) is 41.8 Å². The Morgan fingerprint density at radius 2 is 0.803 bits per heavy atom. The third kappa shape index (κ3) is 27.2. The Balaban J connectivity index is 0.000000175. The van der Waals surface area contributed by atoms with Crippen molar-refractivity contribution in [3.63, 3.8) is 0 Å². The van der Waals surface area contributed by atoms with Crippen molar-refractivity contribution >= 4 is 116 Å². The number of anilines is 4. The summed E-state index contributed by atoms with van der Waals surface area (Å²) >= 11 is 4.11. The van der Waals surface area contributed by atoms with Gasteiger partial charge in [-0.2, -0.15) is 0 Å². The molecule has 2 bridgehead atoms. The van der Waals surface area contributed by atoms with Crippen molar-refractivity contribution in [2.45, 2.75) is 317 Å². The molecule has 8 amide bonds. The number of aromatic nitrogens is 8. The SMILES string of the molecule is CC[C@@H](C)Nc1cc(C)c(-c2sc(C(=O)N[C@H](C)CO)nc2C(=O)N2CC(F)(F)C[C@@H]2C)cn1.C[C@H]1CCCN1C(=O)c1nc(C(=O)N[C@@H]2CC[C@@H](O)C2)sc1-c1cnc(NC(C)(C)C)cc1C(F)F.Cc1cc(NC(C)(C)C)ncc1-c1sc(C(=O)N[C@H](C)CO)nc1C(=O)N1C2CCC1CC2.Cc1cc(NC(C)(C)C)ncc1-c1sc(C(=O)N[C@H](C)CO)nc1C(=O)N1CC(F)(F)C[C@@H]1C. The van der Waals surface area contributed by atoms with E-state index in [1.54, 1.807) is 58.1 Å². The van der Waals surface area contributed by atoms with Gasteiger partial charge in [-0.1, -0.05) is 6.92 Å². The lowest BCUT2D eigenvalue weighted by Crippen LogP contribution is -2.36. The van der Waals surface area contributed by atoms with Gasteiger partial charge in [0, 0.05) is 149 Å². The number of nitrogens with one attached hydrogen (secondary N) is 8. The maximum Gasteiger partial charge on any atom is 0.280 e. The van der Waals surface area contributed by atoms with E-state index >= 15 is 0 Å². The highest BCUT2D eigenvalue weighted by atomic mass is 32.1. The van der Waals surface area contributed by atoms with Crippen molar-refractivity contribution in [3.8, 4) is 41.8 Å². The number of rotatable bonds is 26. The molecule has 42 heteroatoms. The lowest BCUT2D eigenvalue weighted by Gasteiger charge is -2.23. The molecule has 746 valence electrons. The monoisotopic (exact) mass is 1980 g/mol. The predicted octanol–water partition coefficient (Wildman–Crippen LogP) is 15.6. The van der Waals surface area contributed by atoms with Crippen LogP contribution in [-0.4, -0.2) is 262 Å². The van der Waals surface area contributed by atoms with Crippen LogP contribution in [-0.2, 0) is 0 Å². The van der Waals surface area contributed by atoms with Crippen LogP contribution in [0.3, 0.4) is 0 Å². The third-order valence-corrected chi connectivity index (χ3v) is 28.2.